The van der Waals surface area contributed by atoms with Crippen LogP contribution in [-0.2, 0) is 4.74 Å². The molecule has 0 aliphatic carbocycles. The zero-order valence-electron chi connectivity index (χ0n) is 10.1. The first-order valence-electron chi connectivity index (χ1n) is 6.06. The average Bonchev–Trinajstić information content (AvgIpc) is 2.34. The Kier molecular flexibility index (Phi) is 6.18. The van der Waals surface area contributed by atoms with Crippen molar-refractivity contribution >= 4 is 5.84 Å². The van der Waals surface area contributed by atoms with Crippen LogP contribution in [0.4, 0.5) is 0 Å². The second-order valence-electron chi connectivity index (χ2n) is 4.28. The van der Waals surface area contributed by atoms with E-state index >= 15 is 0 Å². The summed E-state index contributed by atoms with van der Waals surface area (Å²) in [5.41, 5.74) is 5.45. The van der Waals surface area contributed by atoms with Crippen LogP contribution in [0.15, 0.2) is 5.16 Å². The summed E-state index contributed by atoms with van der Waals surface area (Å²) < 4.78 is 5.74. The van der Waals surface area contributed by atoms with E-state index in [1.807, 2.05) is 0 Å². The lowest BCUT2D eigenvalue weighted by atomic mass is 10.1. The van der Waals surface area contributed by atoms with Crippen molar-refractivity contribution in [3.63, 3.8) is 0 Å². The molecule has 1 atom stereocenters. The molecule has 1 aliphatic rings. The third-order valence-corrected chi connectivity index (χ3v) is 2.83. The number of nitrogens with two attached hydrogens (primary N) is 1. The molecule has 94 valence electrons. The van der Waals surface area contributed by atoms with Gasteiger partial charge in [-0.3, -0.25) is 0 Å². The molecule has 0 aromatic heterocycles. The van der Waals surface area contributed by atoms with Crippen molar-refractivity contribution in [2.24, 2.45) is 10.9 Å². The summed E-state index contributed by atoms with van der Waals surface area (Å²) in [7, 11) is 0. The van der Waals surface area contributed by atoms with Crippen LogP contribution in [0, 0.1) is 0 Å². The van der Waals surface area contributed by atoms with Crippen LogP contribution in [0.1, 0.15) is 32.6 Å². The van der Waals surface area contributed by atoms with E-state index in [2.05, 4.69) is 17.0 Å². The van der Waals surface area contributed by atoms with Crippen LogP contribution >= 0.6 is 0 Å². The Hall–Kier alpha value is -0.810. The fourth-order valence-electron chi connectivity index (χ4n) is 1.96. The molecule has 1 rings (SSSR count). The SMILES string of the molecule is CCCOC1CCCN(CCC(N)=NO)C1. The predicted molar refractivity (Wildman–Crippen MR) is 63.7 cm³/mol. The van der Waals surface area contributed by atoms with Gasteiger partial charge in [-0.1, -0.05) is 12.1 Å². The van der Waals surface area contributed by atoms with Gasteiger partial charge >= 0.3 is 0 Å². The first-order valence-corrected chi connectivity index (χ1v) is 6.06. The summed E-state index contributed by atoms with van der Waals surface area (Å²) in [6, 6.07) is 0. The van der Waals surface area contributed by atoms with E-state index in [1.54, 1.807) is 0 Å². The van der Waals surface area contributed by atoms with Gasteiger partial charge in [-0.05, 0) is 25.8 Å². The standard InChI is InChI=1S/C11H23N3O2/c1-2-8-16-10-4-3-6-14(9-10)7-5-11(12)13-15/h10,15H,2-9H2,1H3,(H2,12,13). The van der Waals surface area contributed by atoms with Crippen molar-refractivity contribution < 1.29 is 9.94 Å². The highest BCUT2D eigenvalue weighted by Gasteiger charge is 2.19. The van der Waals surface area contributed by atoms with Gasteiger partial charge in [0.2, 0.25) is 0 Å². The fourth-order valence-corrected chi connectivity index (χ4v) is 1.96. The molecule has 0 saturated carbocycles. The van der Waals surface area contributed by atoms with Gasteiger partial charge in [-0.25, -0.2) is 0 Å². The van der Waals surface area contributed by atoms with Crippen LogP contribution in [0.5, 0.6) is 0 Å². The number of oxime groups is 1. The maximum absolute atomic E-state index is 8.45. The Morgan fingerprint density at radius 1 is 1.62 bits per heavy atom. The second-order valence-corrected chi connectivity index (χ2v) is 4.28. The Morgan fingerprint density at radius 3 is 3.12 bits per heavy atom. The molecule has 1 unspecified atom stereocenters. The monoisotopic (exact) mass is 229 g/mol. The second kappa shape index (κ2) is 7.46. The quantitative estimate of drug-likeness (QED) is 0.309. The number of piperidine rings is 1. The Bertz CT molecular complexity index is 221. The average molecular weight is 229 g/mol. The molecular weight excluding hydrogens is 206 g/mol. The van der Waals surface area contributed by atoms with Gasteiger partial charge in [-0.15, -0.1) is 0 Å². The molecule has 1 aliphatic heterocycles. The minimum atomic E-state index is 0.302. The summed E-state index contributed by atoms with van der Waals surface area (Å²) in [6.07, 6.45) is 4.38. The van der Waals surface area contributed by atoms with E-state index in [0.717, 1.165) is 39.1 Å². The molecule has 0 amide bonds. The molecule has 5 nitrogen and oxygen atoms in total. The number of amidine groups is 1. The van der Waals surface area contributed by atoms with Gasteiger partial charge < -0.3 is 20.6 Å². The minimum Gasteiger partial charge on any atom is -0.409 e. The van der Waals surface area contributed by atoms with Crippen LogP contribution in [0.3, 0.4) is 0 Å². The van der Waals surface area contributed by atoms with Gasteiger partial charge in [0.25, 0.3) is 0 Å². The fraction of sp³-hybridized carbons (Fsp3) is 0.909. The van der Waals surface area contributed by atoms with Crippen LogP contribution in [0.25, 0.3) is 0 Å². The zero-order valence-corrected chi connectivity index (χ0v) is 10.1. The number of nitrogens with zero attached hydrogens (tertiary/aromatic N) is 2. The maximum Gasteiger partial charge on any atom is 0.140 e. The molecule has 0 spiro atoms. The molecule has 0 bridgehead atoms. The van der Waals surface area contributed by atoms with E-state index in [-0.39, 0.29) is 0 Å². The summed E-state index contributed by atoms with van der Waals surface area (Å²) in [4.78, 5) is 2.32. The number of hydrogen-bond acceptors (Lipinski definition) is 4. The topological polar surface area (TPSA) is 71.1 Å². The molecule has 0 aromatic rings. The number of ether oxygens (including phenoxy) is 1. The summed E-state index contributed by atoms with van der Waals surface area (Å²) in [5.74, 6) is 0.302. The lowest BCUT2D eigenvalue weighted by molar-refractivity contribution is 0.000692. The van der Waals surface area contributed by atoms with E-state index in [1.165, 1.54) is 6.42 Å². The van der Waals surface area contributed by atoms with E-state index < -0.39 is 0 Å². The highest BCUT2D eigenvalue weighted by atomic mass is 16.5. The number of hydrogen-bond donors (Lipinski definition) is 2. The van der Waals surface area contributed by atoms with Crippen molar-refractivity contribution in [2.75, 3.05) is 26.2 Å². The number of likely N-dealkylation sites (tertiary alicyclic amines) is 1. The lowest BCUT2D eigenvalue weighted by Gasteiger charge is -2.32. The third kappa shape index (κ3) is 4.81. The van der Waals surface area contributed by atoms with Gasteiger partial charge in [0.05, 0.1) is 6.10 Å². The first-order chi connectivity index (χ1) is 7.76. The van der Waals surface area contributed by atoms with Crippen molar-refractivity contribution in [3.05, 3.63) is 0 Å². The summed E-state index contributed by atoms with van der Waals surface area (Å²) in [6.45, 7) is 5.88. The van der Waals surface area contributed by atoms with Crippen LogP contribution < -0.4 is 5.73 Å². The van der Waals surface area contributed by atoms with Gasteiger partial charge in [0.15, 0.2) is 0 Å². The highest BCUT2D eigenvalue weighted by Crippen LogP contribution is 2.13. The Labute approximate surface area is 97.2 Å². The Balaban J connectivity index is 2.22. The van der Waals surface area contributed by atoms with Gasteiger partial charge in [-0.2, -0.15) is 0 Å². The molecule has 0 radical (unpaired) electrons. The molecule has 5 heteroatoms. The first kappa shape index (κ1) is 13.3. The normalized spacial score (nSPS) is 23.6. The Morgan fingerprint density at radius 2 is 2.44 bits per heavy atom. The van der Waals surface area contributed by atoms with E-state index in [0.29, 0.717) is 18.4 Å². The molecule has 1 saturated heterocycles. The molecular formula is C11H23N3O2. The number of rotatable bonds is 6. The minimum absolute atomic E-state index is 0.302. The van der Waals surface area contributed by atoms with Crippen molar-refractivity contribution in [1.82, 2.24) is 4.90 Å². The molecule has 1 heterocycles. The summed E-state index contributed by atoms with van der Waals surface area (Å²) >= 11 is 0. The zero-order chi connectivity index (χ0) is 11.8. The van der Waals surface area contributed by atoms with Crippen molar-refractivity contribution in [2.45, 2.75) is 38.7 Å². The van der Waals surface area contributed by atoms with Crippen molar-refractivity contribution in [1.29, 1.82) is 0 Å². The van der Waals surface area contributed by atoms with Crippen molar-refractivity contribution in [3.8, 4) is 0 Å². The molecule has 0 aromatic carbocycles. The molecule has 1 fully saturated rings. The third-order valence-electron chi connectivity index (χ3n) is 2.83. The lowest BCUT2D eigenvalue weighted by Crippen LogP contribution is -2.41. The highest BCUT2D eigenvalue weighted by molar-refractivity contribution is 5.79. The predicted octanol–water partition coefficient (Wildman–Crippen LogP) is 1.01. The smallest absolute Gasteiger partial charge is 0.140 e. The maximum atomic E-state index is 8.45. The van der Waals surface area contributed by atoms with Gasteiger partial charge in [0.1, 0.15) is 5.84 Å². The van der Waals surface area contributed by atoms with E-state index in [4.69, 9.17) is 15.7 Å². The summed E-state index contributed by atoms with van der Waals surface area (Å²) in [5, 5.41) is 11.4. The van der Waals surface area contributed by atoms with E-state index in [9.17, 15) is 0 Å². The van der Waals surface area contributed by atoms with Gasteiger partial charge in [0, 0.05) is 26.1 Å². The molecule has 3 N–H and O–H groups in total. The van der Waals surface area contributed by atoms with Crippen LogP contribution in [-0.4, -0.2) is 48.3 Å². The molecule has 16 heavy (non-hydrogen) atoms. The largest absolute Gasteiger partial charge is 0.409 e. The van der Waals surface area contributed by atoms with Crippen LogP contribution in [0.2, 0.25) is 0 Å².